The van der Waals surface area contributed by atoms with Crippen LogP contribution in [0.15, 0.2) is 133 Å². The Morgan fingerprint density at radius 3 is 1.87 bits per heavy atom. The molecule has 0 amide bonds. The summed E-state index contributed by atoms with van der Waals surface area (Å²) in [5.74, 6) is 0. The number of hydrogen-bond acceptors (Lipinski definition) is 0. The molecule has 7 rings (SSSR count). The molecule has 194 valence electrons. The Bertz CT molecular complexity index is 1730. The van der Waals surface area contributed by atoms with Crippen molar-refractivity contribution in [3.8, 4) is 11.1 Å². The molecular formula is C35H32Cl2SiZr. The molecule has 39 heavy (non-hydrogen) atoms. The molecule has 0 heterocycles. The van der Waals surface area contributed by atoms with Gasteiger partial charge in [-0.25, -0.2) is 0 Å². The molecule has 0 N–H and O–H groups in total. The predicted octanol–water partition coefficient (Wildman–Crippen LogP) is 6.77. The van der Waals surface area contributed by atoms with Crippen molar-refractivity contribution in [3.05, 3.63) is 155 Å². The average Bonchev–Trinajstić information content (AvgIpc) is 3.51. The zero-order chi connectivity index (χ0) is 25.1. The second-order valence-corrected chi connectivity index (χ2v) is 32.7. The fourth-order valence-electron chi connectivity index (χ4n) is 7.62. The number of rotatable bonds is 4. The molecule has 0 saturated heterocycles. The summed E-state index contributed by atoms with van der Waals surface area (Å²) in [5.41, 5.74) is 10.2. The minimum absolute atomic E-state index is 0. The van der Waals surface area contributed by atoms with E-state index in [0.29, 0.717) is 3.63 Å². The quantitative estimate of drug-likeness (QED) is 0.186. The van der Waals surface area contributed by atoms with Crippen LogP contribution in [0, 0.1) is 0 Å². The molecule has 0 nitrogen and oxygen atoms in total. The van der Waals surface area contributed by atoms with Gasteiger partial charge in [0.2, 0.25) is 0 Å². The summed E-state index contributed by atoms with van der Waals surface area (Å²) in [4.78, 5) is 0. The minimum Gasteiger partial charge on any atom is -0.147 e. The summed E-state index contributed by atoms with van der Waals surface area (Å²) in [6, 6.07) is 48.5. The minimum atomic E-state index is -4.42. The van der Waals surface area contributed by atoms with Gasteiger partial charge >= 0.3 is 223 Å². The number of allylic oxidation sites excluding steroid dienone is 1. The zero-order valence-electron chi connectivity index (χ0n) is 22.0. The Morgan fingerprint density at radius 2 is 1.18 bits per heavy atom. The van der Waals surface area contributed by atoms with Crippen LogP contribution in [0.25, 0.3) is 17.2 Å². The summed E-state index contributed by atoms with van der Waals surface area (Å²) in [5, 5.41) is 0. The van der Waals surface area contributed by atoms with Crippen LogP contribution in [0.2, 0.25) is 0 Å². The standard InChI is InChI=1S/C13H9.C10H9.2C6H5.2ClH.H2Si.Zr/c1-3-7-12-10(5-1)9-11-6-2-4-8-13(11)12;1-8-6-9-4-2-3-5-10(9)7-8;2*1-2-4-6-5-3-1;;;;/h1-5,7-8H,9H2;2-7H,1H3;2*1-5H;2*1H;1H2;. The monoisotopic (exact) mass is 640 g/mol. The van der Waals surface area contributed by atoms with Gasteiger partial charge in [-0.3, -0.25) is 0 Å². The van der Waals surface area contributed by atoms with E-state index < -0.39 is 17.4 Å². The Labute approximate surface area is 246 Å². The summed E-state index contributed by atoms with van der Waals surface area (Å²) >= 11 is -4.42. The first kappa shape index (κ1) is 28.1. The van der Waals surface area contributed by atoms with Crippen LogP contribution in [-0.2, 0) is 23.8 Å². The second-order valence-electron chi connectivity index (χ2n) is 10.9. The molecule has 1 atom stereocenters. The first-order valence-electron chi connectivity index (χ1n) is 13.2. The van der Waals surface area contributed by atoms with Crippen LogP contribution < -0.4 is 9.81 Å². The van der Waals surface area contributed by atoms with E-state index >= 15 is 0 Å². The summed E-state index contributed by atoms with van der Waals surface area (Å²) in [6.45, 7) is 4.79. The van der Waals surface area contributed by atoms with Gasteiger partial charge in [0.1, 0.15) is 0 Å². The van der Waals surface area contributed by atoms with E-state index in [-0.39, 0.29) is 24.8 Å². The van der Waals surface area contributed by atoms with Crippen molar-refractivity contribution in [1.82, 2.24) is 0 Å². The van der Waals surface area contributed by atoms with Crippen molar-refractivity contribution in [2.75, 3.05) is 0 Å². The van der Waals surface area contributed by atoms with E-state index in [2.05, 4.69) is 147 Å². The first-order chi connectivity index (χ1) is 18.1. The van der Waals surface area contributed by atoms with Gasteiger partial charge in [0.25, 0.3) is 0 Å². The van der Waals surface area contributed by atoms with Crippen LogP contribution in [0.5, 0.6) is 0 Å². The SMILES string of the molecule is CC1=Cc2ccccc2[CH]1[Zr](=[SiH2])([c]1ccccc1)([c]1ccccc1)[c]1cccc2c1Cc1ccccc1-2.Cl.Cl. The Balaban J connectivity index is 0.00000154. The summed E-state index contributed by atoms with van der Waals surface area (Å²) in [6.07, 6.45) is 3.48. The largest absolute Gasteiger partial charge is 0.147 e. The Kier molecular flexibility index (Phi) is 7.55. The molecule has 0 spiro atoms. The van der Waals surface area contributed by atoms with Gasteiger partial charge < -0.3 is 0 Å². The molecule has 0 aliphatic heterocycles. The van der Waals surface area contributed by atoms with Crippen LogP contribution >= 0.6 is 24.8 Å². The maximum absolute atomic E-state index is 4.42. The summed E-state index contributed by atoms with van der Waals surface area (Å²) < 4.78 is 5.09. The number of fused-ring (bicyclic) bond motifs is 4. The fraction of sp³-hybridized carbons (Fsp3) is 0.0857. The third-order valence-electron chi connectivity index (χ3n) is 9.12. The smallest absolute Gasteiger partial charge is 0.147 e. The van der Waals surface area contributed by atoms with E-state index in [1.807, 2.05) is 0 Å². The van der Waals surface area contributed by atoms with Gasteiger partial charge in [-0.15, -0.1) is 24.8 Å². The van der Waals surface area contributed by atoms with Gasteiger partial charge in [-0.05, 0) is 0 Å². The van der Waals surface area contributed by atoms with Crippen molar-refractivity contribution >= 4 is 47.6 Å². The third kappa shape index (κ3) is 3.87. The van der Waals surface area contributed by atoms with E-state index in [0.717, 1.165) is 6.42 Å². The molecule has 5 aromatic carbocycles. The first-order valence-corrected chi connectivity index (χ1v) is 24.3. The molecule has 1 unspecified atom stereocenters. The predicted molar refractivity (Wildman–Crippen MR) is 172 cm³/mol. The number of benzene rings is 5. The zero-order valence-corrected chi connectivity index (χ0v) is 27.5. The molecule has 0 saturated carbocycles. The molecular weight excluding hydrogens is 611 g/mol. The van der Waals surface area contributed by atoms with Gasteiger partial charge in [0, 0.05) is 0 Å². The van der Waals surface area contributed by atoms with Gasteiger partial charge in [0.15, 0.2) is 0 Å². The van der Waals surface area contributed by atoms with Crippen LogP contribution in [-0.4, -0.2) is 6.88 Å². The molecule has 0 fully saturated rings. The van der Waals surface area contributed by atoms with E-state index in [4.69, 9.17) is 0 Å². The van der Waals surface area contributed by atoms with Crippen molar-refractivity contribution in [3.63, 3.8) is 0 Å². The Morgan fingerprint density at radius 1 is 0.615 bits per heavy atom. The van der Waals surface area contributed by atoms with Gasteiger partial charge in [-0.2, -0.15) is 0 Å². The van der Waals surface area contributed by atoms with Crippen molar-refractivity contribution in [2.45, 2.75) is 17.0 Å². The molecule has 2 aliphatic rings. The molecule has 4 heteroatoms. The molecule has 2 aliphatic carbocycles. The third-order valence-corrected chi connectivity index (χ3v) is 35.9. The molecule has 0 bridgehead atoms. The Hall–Kier alpha value is -2.48. The summed E-state index contributed by atoms with van der Waals surface area (Å²) in [7, 11) is 0. The average molecular weight is 643 g/mol. The molecule has 0 aromatic heterocycles. The van der Waals surface area contributed by atoms with Crippen LogP contribution in [0.3, 0.4) is 0 Å². The maximum Gasteiger partial charge on any atom is -0.147 e. The topological polar surface area (TPSA) is 0 Å². The van der Waals surface area contributed by atoms with E-state index in [9.17, 15) is 0 Å². The maximum atomic E-state index is 2.51. The molecule has 0 radical (unpaired) electrons. The van der Waals surface area contributed by atoms with Crippen molar-refractivity contribution in [2.24, 2.45) is 0 Å². The fourth-order valence-corrected chi connectivity index (χ4v) is 33.4. The van der Waals surface area contributed by atoms with Crippen molar-refractivity contribution in [1.29, 1.82) is 0 Å². The molecule has 5 aromatic rings. The normalized spacial score (nSPS) is 15.2. The van der Waals surface area contributed by atoms with E-state index in [1.54, 1.807) is 15.4 Å². The van der Waals surface area contributed by atoms with Crippen LogP contribution in [0.1, 0.15) is 32.8 Å². The number of hydrogen-bond donors (Lipinski definition) is 0. The second kappa shape index (κ2) is 10.5. The van der Waals surface area contributed by atoms with E-state index in [1.165, 1.54) is 33.4 Å². The van der Waals surface area contributed by atoms with Gasteiger partial charge in [-0.1, -0.05) is 0 Å². The van der Waals surface area contributed by atoms with Gasteiger partial charge in [0.05, 0.1) is 0 Å². The number of halogens is 2. The van der Waals surface area contributed by atoms with Crippen molar-refractivity contribution < 1.29 is 17.4 Å². The van der Waals surface area contributed by atoms with Crippen LogP contribution in [0.4, 0.5) is 0 Å².